The van der Waals surface area contributed by atoms with Gasteiger partial charge in [-0.2, -0.15) is 0 Å². The minimum atomic E-state index is -1.13. The van der Waals surface area contributed by atoms with Crippen LogP contribution >= 0.6 is 11.6 Å². The highest BCUT2D eigenvalue weighted by Crippen LogP contribution is 2.35. The molecular weight excluding hydrogens is 304 g/mol. The predicted molar refractivity (Wildman–Crippen MR) is 81.8 cm³/mol. The van der Waals surface area contributed by atoms with Gasteiger partial charge in [0.2, 0.25) is 0 Å². The highest BCUT2D eigenvalue weighted by atomic mass is 35.5. The molecule has 116 valence electrons. The summed E-state index contributed by atoms with van der Waals surface area (Å²) >= 11 is 5.83. The zero-order chi connectivity index (χ0) is 16.4. The van der Waals surface area contributed by atoms with E-state index in [0.29, 0.717) is 5.02 Å². The van der Waals surface area contributed by atoms with Crippen LogP contribution in [0.1, 0.15) is 38.2 Å². The third-order valence-corrected chi connectivity index (χ3v) is 4.39. The Morgan fingerprint density at radius 3 is 1.86 bits per heavy atom. The molecule has 1 aromatic carbocycles. The molecule has 0 N–H and O–H groups in total. The molecule has 0 aliphatic heterocycles. The molecule has 0 radical (unpaired) electrons. The molecule has 0 amide bonds. The van der Waals surface area contributed by atoms with Crippen molar-refractivity contribution in [2.75, 3.05) is 0 Å². The van der Waals surface area contributed by atoms with E-state index in [1.165, 1.54) is 13.8 Å². The average Bonchev–Trinajstić information content (AvgIpc) is 2.42. The van der Waals surface area contributed by atoms with Gasteiger partial charge in [0.25, 0.3) is 0 Å². The Labute approximate surface area is 133 Å². The number of halogens is 1. The lowest BCUT2D eigenvalue weighted by molar-refractivity contribution is -0.147. The lowest BCUT2D eigenvalue weighted by Gasteiger charge is -2.29. The van der Waals surface area contributed by atoms with E-state index >= 15 is 0 Å². The highest BCUT2D eigenvalue weighted by Gasteiger charge is 2.44. The summed E-state index contributed by atoms with van der Waals surface area (Å²) in [5.41, 5.74) is 0.867. The Morgan fingerprint density at radius 2 is 1.45 bits per heavy atom. The van der Waals surface area contributed by atoms with E-state index in [1.54, 1.807) is 24.3 Å². The van der Waals surface area contributed by atoms with Crippen LogP contribution in [-0.2, 0) is 19.2 Å². The van der Waals surface area contributed by atoms with Crippen molar-refractivity contribution in [1.82, 2.24) is 0 Å². The molecule has 0 unspecified atom stereocenters. The fourth-order valence-electron chi connectivity index (χ4n) is 3.09. The van der Waals surface area contributed by atoms with Crippen molar-refractivity contribution >= 4 is 34.7 Å². The van der Waals surface area contributed by atoms with E-state index in [2.05, 4.69) is 0 Å². The maximum Gasteiger partial charge on any atom is 0.145 e. The Balaban J connectivity index is 2.23. The molecule has 1 fully saturated rings. The number of carbonyl (C=O) groups is 4. The van der Waals surface area contributed by atoms with E-state index in [4.69, 9.17) is 11.6 Å². The summed E-state index contributed by atoms with van der Waals surface area (Å²) in [5, 5.41) is 0.586. The molecule has 5 heteroatoms. The monoisotopic (exact) mass is 320 g/mol. The summed E-state index contributed by atoms with van der Waals surface area (Å²) in [4.78, 5) is 48.0. The summed E-state index contributed by atoms with van der Waals surface area (Å²) in [7, 11) is 0. The quantitative estimate of drug-likeness (QED) is 0.800. The first-order valence-corrected chi connectivity index (χ1v) is 7.51. The highest BCUT2D eigenvalue weighted by molar-refractivity contribution is 6.30. The van der Waals surface area contributed by atoms with Gasteiger partial charge in [0.05, 0.1) is 11.8 Å². The van der Waals surface area contributed by atoms with Crippen molar-refractivity contribution < 1.29 is 19.2 Å². The number of ketones is 4. The molecule has 1 aliphatic rings. The van der Waals surface area contributed by atoms with Crippen LogP contribution in [0.4, 0.5) is 0 Å². The molecule has 0 atom stereocenters. The lowest BCUT2D eigenvalue weighted by Crippen LogP contribution is -2.43. The smallest absolute Gasteiger partial charge is 0.145 e. The van der Waals surface area contributed by atoms with E-state index in [1.807, 2.05) is 0 Å². The van der Waals surface area contributed by atoms with Crippen LogP contribution in [-0.4, -0.2) is 23.1 Å². The molecule has 2 rings (SSSR count). The van der Waals surface area contributed by atoms with Crippen LogP contribution in [0.15, 0.2) is 24.3 Å². The van der Waals surface area contributed by atoms with Gasteiger partial charge in [-0.05, 0) is 37.5 Å². The molecule has 4 nitrogen and oxygen atoms in total. The largest absolute Gasteiger partial charge is 0.299 e. The molecule has 0 aromatic heterocycles. The predicted octanol–water partition coefficient (Wildman–Crippen LogP) is 2.77. The van der Waals surface area contributed by atoms with E-state index < -0.39 is 23.4 Å². The van der Waals surface area contributed by atoms with Crippen LogP contribution in [0.25, 0.3) is 0 Å². The summed E-state index contributed by atoms with van der Waals surface area (Å²) < 4.78 is 0. The van der Waals surface area contributed by atoms with Gasteiger partial charge in [0.1, 0.15) is 23.1 Å². The number of rotatable bonds is 4. The van der Waals surface area contributed by atoms with Gasteiger partial charge in [0.15, 0.2) is 0 Å². The number of hydrogen-bond donors (Lipinski definition) is 0. The standard InChI is InChI=1S/C17H17ClO4/c1-9(19)16(10(2)20)17-14(21)7-12(8-15(17)22)11-3-5-13(18)6-4-11/h3-6,12,16-17H,7-8H2,1-2H3. The van der Waals surface area contributed by atoms with Crippen LogP contribution in [0.5, 0.6) is 0 Å². The molecule has 1 aromatic rings. The van der Waals surface area contributed by atoms with Crippen molar-refractivity contribution in [2.45, 2.75) is 32.6 Å². The van der Waals surface area contributed by atoms with Crippen molar-refractivity contribution in [3.63, 3.8) is 0 Å². The first-order valence-electron chi connectivity index (χ1n) is 7.13. The van der Waals surface area contributed by atoms with Crippen LogP contribution in [0.3, 0.4) is 0 Å². The van der Waals surface area contributed by atoms with E-state index in [-0.39, 0.29) is 30.3 Å². The van der Waals surface area contributed by atoms with E-state index in [9.17, 15) is 19.2 Å². The van der Waals surface area contributed by atoms with Crippen LogP contribution < -0.4 is 0 Å². The molecule has 1 aliphatic carbocycles. The zero-order valence-electron chi connectivity index (χ0n) is 12.5. The topological polar surface area (TPSA) is 68.3 Å². The van der Waals surface area contributed by atoms with E-state index in [0.717, 1.165) is 5.56 Å². The normalized spacial score (nSPS) is 22.0. The van der Waals surface area contributed by atoms with Crippen LogP contribution in [0.2, 0.25) is 5.02 Å². The Morgan fingerprint density at radius 1 is 1.00 bits per heavy atom. The maximum absolute atomic E-state index is 12.4. The van der Waals surface area contributed by atoms with Crippen LogP contribution in [0, 0.1) is 11.8 Å². The molecule has 0 bridgehead atoms. The van der Waals surface area contributed by atoms with Crippen molar-refractivity contribution in [3.05, 3.63) is 34.9 Å². The maximum atomic E-state index is 12.4. The molecule has 1 saturated carbocycles. The molecule has 0 heterocycles. The van der Waals surface area contributed by atoms with Gasteiger partial charge < -0.3 is 0 Å². The number of benzene rings is 1. The fourth-order valence-corrected chi connectivity index (χ4v) is 3.22. The van der Waals surface area contributed by atoms with Crippen molar-refractivity contribution in [1.29, 1.82) is 0 Å². The summed E-state index contributed by atoms with van der Waals surface area (Å²) in [6.45, 7) is 2.50. The Hall–Kier alpha value is -1.81. The second-order valence-electron chi connectivity index (χ2n) is 5.77. The van der Waals surface area contributed by atoms with Crippen molar-refractivity contribution in [3.8, 4) is 0 Å². The second kappa shape index (κ2) is 6.53. The van der Waals surface area contributed by atoms with Gasteiger partial charge in [-0.25, -0.2) is 0 Å². The summed E-state index contributed by atoms with van der Waals surface area (Å²) in [5.74, 6) is -3.97. The minimum Gasteiger partial charge on any atom is -0.299 e. The first-order chi connectivity index (χ1) is 10.3. The third kappa shape index (κ3) is 3.33. The third-order valence-electron chi connectivity index (χ3n) is 4.14. The average molecular weight is 321 g/mol. The molecule has 22 heavy (non-hydrogen) atoms. The van der Waals surface area contributed by atoms with Gasteiger partial charge in [-0.1, -0.05) is 23.7 Å². The van der Waals surface area contributed by atoms with Gasteiger partial charge in [-0.3, -0.25) is 19.2 Å². The van der Waals surface area contributed by atoms with Gasteiger partial charge in [0, 0.05) is 17.9 Å². The second-order valence-corrected chi connectivity index (χ2v) is 6.20. The number of carbonyl (C=O) groups excluding carboxylic acids is 4. The fraction of sp³-hybridized carbons (Fsp3) is 0.412. The van der Waals surface area contributed by atoms with Gasteiger partial charge >= 0.3 is 0 Å². The zero-order valence-corrected chi connectivity index (χ0v) is 13.2. The molecule has 0 saturated heterocycles. The number of hydrogen-bond acceptors (Lipinski definition) is 4. The van der Waals surface area contributed by atoms with Gasteiger partial charge in [-0.15, -0.1) is 0 Å². The Kier molecular flexibility index (Phi) is 4.91. The minimum absolute atomic E-state index is 0.162. The lowest BCUT2D eigenvalue weighted by atomic mass is 9.70. The molecule has 0 spiro atoms. The molecular formula is C17H17ClO4. The Bertz CT molecular complexity index is 601. The number of Topliss-reactive ketones (excluding diaryl/α,β-unsaturated/α-hetero) is 4. The van der Waals surface area contributed by atoms with Crippen molar-refractivity contribution in [2.24, 2.45) is 11.8 Å². The SMILES string of the molecule is CC(=O)C(C(C)=O)C1C(=O)CC(c2ccc(Cl)cc2)CC1=O. The first kappa shape index (κ1) is 16.6. The summed E-state index contributed by atoms with van der Waals surface area (Å²) in [6, 6.07) is 7.01. The summed E-state index contributed by atoms with van der Waals surface area (Å²) in [6.07, 6.45) is 0.324.